The molecule has 1 saturated heterocycles. The highest BCUT2D eigenvalue weighted by molar-refractivity contribution is 5.83. The Balaban J connectivity index is 3.12. The maximum atomic E-state index is 12.5. The molecule has 0 spiro atoms. The van der Waals surface area contributed by atoms with Crippen LogP contribution in [0, 0.1) is 0 Å². The first-order valence-electron chi connectivity index (χ1n) is 6.99. The SMILES string of the molecule is COC(=O)[C@H]1[C@@H](O)C[C@@H](C(OC)OC)N1C(=O)OC(C)(C)C. The maximum Gasteiger partial charge on any atom is 0.411 e. The number of methoxy groups -OCH3 is 3. The van der Waals surface area contributed by atoms with E-state index in [9.17, 15) is 14.7 Å². The van der Waals surface area contributed by atoms with Crippen LogP contribution < -0.4 is 0 Å². The van der Waals surface area contributed by atoms with Crippen LogP contribution in [0.15, 0.2) is 0 Å². The van der Waals surface area contributed by atoms with Crippen LogP contribution in [-0.2, 0) is 23.7 Å². The van der Waals surface area contributed by atoms with Gasteiger partial charge in [0.15, 0.2) is 12.3 Å². The minimum atomic E-state index is -1.15. The fourth-order valence-corrected chi connectivity index (χ4v) is 2.49. The van der Waals surface area contributed by atoms with Gasteiger partial charge < -0.3 is 24.1 Å². The van der Waals surface area contributed by atoms with Gasteiger partial charge in [-0.25, -0.2) is 9.59 Å². The van der Waals surface area contributed by atoms with Crippen LogP contribution in [0.5, 0.6) is 0 Å². The molecule has 1 fully saturated rings. The summed E-state index contributed by atoms with van der Waals surface area (Å²) in [6.07, 6.45) is -2.50. The van der Waals surface area contributed by atoms with Crippen LogP contribution in [0.4, 0.5) is 4.79 Å². The summed E-state index contributed by atoms with van der Waals surface area (Å²) in [6, 6.07) is -1.82. The van der Waals surface area contributed by atoms with Crippen molar-refractivity contribution in [2.24, 2.45) is 0 Å². The Morgan fingerprint density at radius 1 is 1.18 bits per heavy atom. The Morgan fingerprint density at radius 2 is 1.73 bits per heavy atom. The van der Waals surface area contributed by atoms with E-state index in [1.165, 1.54) is 21.3 Å². The van der Waals surface area contributed by atoms with Crippen molar-refractivity contribution in [3.05, 3.63) is 0 Å². The fourth-order valence-electron chi connectivity index (χ4n) is 2.49. The summed E-state index contributed by atoms with van der Waals surface area (Å²) in [6.45, 7) is 5.14. The topological polar surface area (TPSA) is 94.5 Å². The van der Waals surface area contributed by atoms with Crippen LogP contribution in [0.25, 0.3) is 0 Å². The number of carbonyl (C=O) groups excluding carboxylic acids is 2. The number of esters is 1. The Bertz CT molecular complexity index is 402. The van der Waals surface area contributed by atoms with Gasteiger partial charge in [0.25, 0.3) is 0 Å². The molecule has 1 heterocycles. The molecule has 1 aliphatic rings. The summed E-state index contributed by atoms with van der Waals surface area (Å²) in [5.74, 6) is -0.716. The lowest BCUT2D eigenvalue weighted by Crippen LogP contribution is -2.53. The number of aliphatic hydroxyl groups is 1. The quantitative estimate of drug-likeness (QED) is 0.596. The van der Waals surface area contributed by atoms with E-state index in [0.29, 0.717) is 0 Å². The lowest BCUT2D eigenvalue weighted by molar-refractivity contribution is -0.156. The number of amides is 1. The molecule has 3 atom stereocenters. The van der Waals surface area contributed by atoms with Crippen molar-refractivity contribution in [3.63, 3.8) is 0 Å². The van der Waals surface area contributed by atoms with Gasteiger partial charge in [-0.1, -0.05) is 0 Å². The third-order valence-electron chi connectivity index (χ3n) is 3.33. The summed E-state index contributed by atoms with van der Waals surface area (Å²) < 4.78 is 20.3. The second-order valence-corrected chi connectivity index (χ2v) is 6.07. The summed E-state index contributed by atoms with van der Waals surface area (Å²) >= 11 is 0. The molecule has 8 nitrogen and oxygen atoms in total. The second kappa shape index (κ2) is 7.26. The smallest absolute Gasteiger partial charge is 0.411 e. The number of aliphatic hydroxyl groups excluding tert-OH is 1. The molecule has 1 aliphatic heterocycles. The zero-order valence-electron chi connectivity index (χ0n) is 13.9. The summed E-state index contributed by atoms with van der Waals surface area (Å²) in [5, 5.41) is 10.2. The molecular weight excluding hydrogens is 294 g/mol. The van der Waals surface area contributed by atoms with Gasteiger partial charge in [-0.05, 0) is 20.8 Å². The largest absolute Gasteiger partial charge is 0.467 e. The number of carbonyl (C=O) groups is 2. The van der Waals surface area contributed by atoms with Crippen molar-refractivity contribution in [1.82, 2.24) is 4.90 Å². The molecule has 22 heavy (non-hydrogen) atoms. The van der Waals surface area contributed by atoms with E-state index in [-0.39, 0.29) is 6.42 Å². The monoisotopic (exact) mass is 319 g/mol. The van der Waals surface area contributed by atoms with Crippen LogP contribution in [0.3, 0.4) is 0 Å². The summed E-state index contributed by atoms with van der Waals surface area (Å²) in [7, 11) is 4.03. The first-order valence-corrected chi connectivity index (χ1v) is 6.99. The number of rotatable bonds is 4. The van der Waals surface area contributed by atoms with Crippen molar-refractivity contribution < 1.29 is 33.6 Å². The Morgan fingerprint density at radius 3 is 2.14 bits per heavy atom. The van der Waals surface area contributed by atoms with E-state index in [4.69, 9.17) is 14.2 Å². The highest BCUT2D eigenvalue weighted by Gasteiger charge is 2.52. The zero-order valence-corrected chi connectivity index (χ0v) is 13.9. The Kier molecular flexibility index (Phi) is 6.16. The minimum absolute atomic E-state index is 0.116. The van der Waals surface area contributed by atoms with E-state index >= 15 is 0 Å². The van der Waals surface area contributed by atoms with Gasteiger partial charge in [0.2, 0.25) is 0 Å². The van der Waals surface area contributed by atoms with Crippen LogP contribution in [0.2, 0.25) is 0 Å². The van der Waals surface area contributed by atoms with Crippen LogP contribution in [-0.4, -0.2) is 73.5 Å². The van der Waals surface area contributed by atoms with E-state index in [1.54, 1.807) is 20.8 Å². The molecule has 0 aromatic carbocycles. The van der Waals surface area contributed by atoms with Gasteiger partial charge in [-0.15, -0.1) is 0 Å². The number of likely N-dealkylation sites (tertiary alicyclic amines) is 1. The fraction of sp³-hybridized carbons (Fsp3) is 0.857. The molecule has 1 rings (SSSR count). The summed E-state index contributed by atoms with van der Waals surface area (Å²) in [4.78, 5) is 25.5. The molecule has 1 N–H and O–H groups in total. The molecule has 0 unspecified atom stereocenters. The average molecular weight is 319 g/mol. The lowest BCUT2D eigenvalue weighted by Gasteiger charge is -2.33. The Labute approximate surface area is 130 Å². The molecule has 8 heteroatoms. The Hall–Kier alpha value is -1.38. The zero-order chi connectivity index (χ0) is 17.1. The summed E-state index contributed by atoms with van der Waals surface area (Å²) in [5.41, 5.74) is -0.745. The average Bonchev–Trinajstić information content (AvgIpc) is 2.75. The molecule has 0 saturated carbocycles. The van der Waals surface area contributed by atoms with Gasteiger partial charge >= 0.3 is 12.1 Å². The van der Waals surface area contributed by atoms with Gasteiger partial charge in [0.1, 0.15) is 5.60 Å². The lowest BCUT2D eigenvalue weighted by atomic mass is 10.1. The van der Waals surface area contributed by atoms with E-state index in [2.05, 4.69) is 4.74 Å². The molecule has 0 radical (unpaired) electrons. The number of hydrogen-bond donors (Lipinski definition) is 1. The van der Waals surface area contributed by atoms with Crippen molar-refractivity contribution in [1.29, 1.82) is 0 Å². The predicted molar refractivity (Wildman–Crippen MR) is 76.1 cm³/mol. The van der Waals surface area contributed by atoms with E-state index < -0.39 is 42.1 Å². The third-order valence-corrected chi connectivity index (χ3v) is 3.33. The molecule has 1 amide bonds. The first kappa shape index (κ1) is 18.7. The predicted octanol–water partition coefficient (Wildman–Crippen LogP) is 0.517. The number of hydrogen-bond acceptors (Lipinski definition) is 7. The van der Waals surface area contributed by atoms with Crippen molar-refractivity contribution in [2.45, 2.75) is 57.3 Å². The van der Waals surface area contributed by atoms with Crippen LogP contribution >= 0.6 is 0 Å². The van der Waals surface area contributed by atoms with Gasteiger partial charge in [0.05, 0.1) is 19.3 Å². The molecule has 0 bridgehead atoms. The van der Waals surface area contributed by atoms with Crippen molar-refractivity contribution >= 4 is 12.1 Å². The highest BCUT2D eigenvalue weighted by Crippen LogP contribution is 2.31. The maximum absolute atomic E-state index is 12.5. The molecule has 128 valence electrons. The minimum Gasteiger partial charge on any atom is -0.467 e. The van der Waals surface area contributed by atoms with E-state index in [1.807, 2.05) is 0 Å². The molecule has 0 aliphatic carbocycles. The van der Waals surface area contributed by atoms with Gasteiger partial charge in [-0.3, -0.25) is 4.90 Å². The highest BCUT2D eigenvalue weighted by atomic mass is 16.7. The van der Waals surface area contributed by atoms with Crippen molar-refractivity contribution in [2.75, 3.05) is 21.3 Å². The molecule has 0 aromatic rings. The number of ether oxygens (including phenoxy) is 4. The molecular formula is C14H25NO7. The number of nitrogens with zero attached hydrogens (tertiary/aromatic N) is 1. The standard InChI is InChI=1S/C14H25NO7/c1-14(2,3)22-13(18)15-8(12(20-5)21-6)7-9(16)10(15)11(17)19-4/h8-10,12,16H,7H2,1-6H3/t8-,9-,10+/m0/s1. The van der Waals surface area contributed by atoms with E-state index in [0.717, 1.165) is 4.90 Å². The molecule has 0 aromatic heterocycles. The van der Waals surface area contributed by atoms with Gasteiger partial charge in [0, 0.05) is 20.6 Å². The van der Waals surface area contributed by atoms with Crippen LogP contribution in [0.1, 0.15) is 27.2 Å². The van der Waals surface area contributed by atoms with Gasteiger partial charge in [-0.2, -0.15) is 0 Å². The third kappa shape index (κ3) is 4.08. The first-order chi connectivity index (χ1) is 10.2. The second-order valence-electron chi connectivity index (χ2n) is 6.07. The van der Waals surface area contributed by atoms with Crippen molar-refractivity contribution in [3.8, 4) is 0 Å². The normalized spacial score (nSPS) is 25.5.